The van der Waals surface area contributed by atoms with E-state index in [1.54, 1.807) is 0 Å². The molecule has 0 aromatic heterocycles. The average Bonchev–Trinajstić information content (AvgIpc) is 2.69. The first kappa shape index (κ1) is 10.0. The highest BCUT2D eigenvalue weighted by atomic mass is 19.4. The third-order valence-corrected chi connectivity index (χ3v) is 2.32. The topological polar surface area (TPSA) is 0 Å². The number of hydrogen-bond acceptors (Lipinski definition) is 0. The number of rotatable bonds is 1. The molecule has 0 saturated carbocycles. The molecule has 0 aliphatic heterocycles. The predicted octanol–water partition coefficient (Wildman–Crippen LogP) is 4.05. The molecule has 1 aromatic rings. The lowest BCUT2D eigenvalue weighted by atomic mass is 10.1. The van der Waals surface area contributed by atoms with Crippen molar-refractivity contribution in [1.82, 2.24) is 0 Å². The fourth-order valence-electron chi connectivity index (χ4n) is 1.52. The highest BCUT2D eigenvalue weighted by molar-refractivity contribution is 5.76. The van der Waals surface area contributed by atoms with Crippen LogP contribution < -0.4 is 0 Å². The molecule has 1 aromatic carbocycles. The lowest BCUT2D eigenvalue weighted by Crippen LogP contribution is -2.04. The van der Waals surface area contributed by atoms with E-state index in [9.17, 15) is 13.2 Å². The van der Waals surface area contributed by atoms with Crippen LogP contribution in [0, 0.1) is 0 Å². The average molecular weight is 210 g/mol. The van der Waals surface area contributed by atoms with Crippen LogP contribution in [0.5, 0.6) is 0 Å². The fraction of sp³-hybridized carbons (Fsp3) is 0.167. The van der Waals surface area contributed by atoms with E-state index in [1.165, 1.54) is 12.1 Å². The van der Waals surface area contributed by atoms with E-state index in [-0.39, 0.29) is 0 Å². The molecule has 1 aliphatic carbocycles. The van der Waals surface area contributed by atoms with Crippen molar-refractivity contribution in [3.63, 3.8) is 0 Å². The predicted molar refractivity (Wildman–Crippen MR) is 53.2 cm³/mol. The maximum atomic E-state index is 12.3. The normalized spacial score (nSPS) is 15.5. The molecule has 0 radical (unpaired) electrons. The van der Waals surface area contributed by atoms with Crippen LogP contribution in [0.2, 0.25) is 0 Å². The highest BCUT2D eigenvalue weighted by Crippen LogP contribution is 2.30. The summed E-state index contributed by atoms with van der Waals surface area (Å²) in [4.78, 5) is 0. The summed E-state index contributed by atoms with van der Waals surface area (Å²) in [7, 11) is 0. The van der Waals surface area contributed by atoms with Gasteiger partial charge < -0.3 is 0 Å². The van der Waals surface area contributed by atoms with Crippen LogP contribution in [-0.4, -0.2) is 0 Å². The number of benzene rings is 1. The molecule has 0 fully saturated rings. The van der Waals surface area contributed by atoms with E-state index in [0.29, 0.717) is 0 Å². The summed E-state index contributed by atoms with van der Waals surface area (Å²) in [6.07, 6.45) is 2.49. The summed E-state index contributed by atoms with van der Waals surface area (Å²) in [6.45, 7) is 0. The third kappa shape index (κ3) is 2.12. The standard InChI is InChI=1S/C12H9F3/c13-12(14,15)11-7-5-10(6-8-11)9-3-1-2-4-9/h1,3-8H,2H2. The van der Waals surface area contributed by atoms with Gasteiger partial charge in [0.25, 0.3) is 0 Å². The van der Waals surface area contributed by atoms with Crippen LogP contribution in [0.25, 0.3) is 5.57 Å². The zero-order valence-electron chi connectivity index (χ0n) is 7.88. The minimum atomic E-state index is -4.25. The van der Waals surface area contributed by atoms with Gasteiger partial charge in [-0.15, -0.1) is 0 Å². The largest absolute Gasteiger partial charge is 0.416 e. The quantitative estimate of drug-likeness (QED) is 0.656. The van der Waals surface area contributed by atoms with Gasteiger partial charge in [0.15, 0.2) is 0 Å². The maximum absolute atomic E-state index is 12.3. The van der Waals surface area contributed by atoms with E-state index >= 15 is 0 Å². The van der Waals surface area contributed by atoms with E-state index in [2.05, 4.69) is 0 Å². The molecule has 0 amide bonds. The molecule has 0 unspecified atom stereocenters. The summed E-state index contributed by atoms with van der Waals surface area (Å²) in [5, 5.41) is 0. The van der Waals surface area contributed by atoms with Gasteiger partial charge in [-0.05, 0) is 29.7 Å². The van der Waals surface area contributed by atoms with E-state index in [0.717, 1.165) is 29.7 Å². The van der Waals surface area contributed by atoms with Crippen molar-refractivity contribution in [1.29, 1.82) is 0 Å². The van der Waals surface area contributed by atoms with Crippen molar-refractivity contribution in [2.45, 2.75) is 12.6 Å². The van der Waals surface area contributed by atoms with Crippen LogP contribution in [-0.2, 0) is 6.18 Å². The molecule has 2 rings (SSSR count). The fourth-order valence-corrected chi connectivity index (χ4v) is 1.52. The van der Waals surface area contributed by atoms with Gasteiger partial charge in [-0.25, -0.2) is 0 Å². The zero-order valence-corrected chi connectivity index (χ0v) is 7.88. The Balaban J connectivity index is 2.28. The summed E-state index contributed by atoms with van der Waals surface area (Å²) in [5.41, 5.74) is 1.22. The molecule has 0 nitrogen and oxygen atoms in total. The summed E-state index contributed by atoms with van der Waals surface area (Å²) < 4.78 is 36.8. The molecule has 0 bridgehead atoms. The van der Waals surface area contributed by atoms with Gasteiger partial charge in [-0.2, -0.15) is 13.2 Å². The van der Waals surface area contributed by atoms with Crippen LogP contribution in [0.3, 0.4) is 0 Å². The Morgan fingerprint density at radius 1 is 1.00 bits per heavy atom. The Bertz CT molecular complexity index is 407. The third-order valence-electron chi connectivity index (χ3n) is 2.32. The minimum Gasteiger partial charge on any atom is -0.166 e. The molecule has 0 atom stereocenters. The van der Waals surface area contributed by atoms with Crippen LogP contribution in [0.1, 0.15) is 17.5 Å². The lowest BCUT2D eigenvalue weighted by Gasteiger charge is -2.07. The Morgan fingerprint density at radius 2 is 1.67 bits per heavy atom. The number of alkyl halides is 3. The monoisotopic (exact) mass is 210 g/mol. The Labute approximate surface area is 85.7 Å². The second kappa shape index (κ2) is 3.57. The summed E-state index contributed by atoms with van der Waals surface area (Å²) in [6, 6.07) is 5.24. The van der Waals surface area contributed by atoms with Crippen molar-refractivity contribution in [3.05, 3.63) is 53.6 Å². The van der Waals surface area contributed by atoms with Gasteiger partial charge in [0.2, 0.25) is 0 Å². The van der Waals surface area contributed by atoms with Crippen LogP contribution >= 0.6 is 0 Å². The molecule has 3 heteroatoms. The SMILES string of the molecule is FC(F)(F)c1ccc(C2=CCC=C2)cc1. The number of allylic oxidation sites excluding steroid dienone is 4. The van der Waals surface area contributed by atoms with Gasteiger partial charge in [0, 0.05) is 0 Å². The number of halogens is 3. The number of hydrogen-bond donors (Lipinski definition) is 0. The van der Waals surface area contributed by atoms with Crippen LogP contribution in [0.4, 0.5) is 13.2 Å². The van der Waals surface area contributed by atoms with Gasteiger partial charge >= 0.3 is 6.18 Å². The Morgan fingerprint density at radius 3 is 2.13 bits per heavy atom. The second-order valence-corrected chi connectivity index (χ2v) is 3.37. The minimum absolute atomic E-state index is 0.603. The highest BCUT2D eigenvalue weighted by Gasteiger charge is 2.29. The van der Waals surface area contributed by atoms with Gasteiger partial charge in [-0.1, -0.05) is 30.4 Å². The van der Waals surface area contributed by atoms with E-state index in [4.69, 9.17) is 0 Å². The van der Waals surface area contributed by atoms with Crippen molar-refractivity contribution in [3.8, 4) is 0 Å². The molecule has 15 heavy (non-hydrogen) atoms. The Hall–Kier alpha value is -1.51. The molecule has 0 saturated heterocycles. The van der Waals surface area contributed by atoms with E-state index in [1.807, 2.05) is 18.2 Å². The molecule has 0 spiro atoms. The summed E-state index contributed by atoms with van der Waals surface area (Å²) >= 11 is 0. The van der Waals surface area contributed by atoms with Gasteiger partial charge in [0.1, 0.15) is 0 Å². The Kier molecular flexibility index (Phi) is 2.39. The van der Waals surface area contributed by atoms with Gasteiger partial charge in [0.05, 0.1) is 5.56 Å². The van der Waals surface area contributed by atoms with Gasteiger partial charge in [-0.3, -0.25) is 0 Å². The maximum Gasteiger partial charge on any atom is 0.416 e. The first-order valence-corrected chi connectivity index (χ1v) is 4.62. The molecule has 0 heterocycles. The molecular formula is C12H9F3. The first-order valence-electron chi connectivity index (χ1n) is 4.62. The van der Waals surface area contributed by atoms with Crippen molar-refractivity contribution in [2.24, 2.45) is 0 Å². The first-order chi connectivity index (χ1) is 7.07. The lowest BCUT2D eigenvalue weighted by molar-refractivity contribution is -0.137. The molecule has 78 valence electrons. The summed E-state index contributed by atoms with van der Waals surface area (Å²) in [5.74, 6) is 0. The van der Waals surface area contributed by atoms with Crippen LogP contribution in [0.15, 0.2) is 42.5 Å². The van der Waals surface area contributed by atoms with Crippen molar-refractivity contribution < 1.29 is 13.2 Å². The molecule has 0 N–H and O–H groups in total. The second-order valence-electron chi connectivity index (χ2n) is 3.37. The van der Waals surface area contributed by atoms with Crippen molar-refractivity contribution in [2.75, 3.05) is 0 Å². The zero-order chi connectivity index (χ0) is 10.9. The van der Waals surface area contributed by atoms with E-state index < -0.39 is 11.7 Å². The van der Waals surface area contributed by atoms with Crippen molar-refractivity contribution >= 4 is 5.57 Å². The molecule has 1 aliphatic rings. The molecular weight excluding hydrogens is 201 g/mol. The smallest absolute Gasteiger partial charge is 0.166 e.